The Morgan fingerprint density at radius 2 is 1.41 bits per heavy atom. The molecule has 0 saturated carbocycles. The van der Waals surface area contributed by atoms with E-state index in [1.165, 1.54) is 17.0 Å². The lowest BCUT2D eigenvalue weighted by atomic mass is 10.0. The van der Waals surface area contributed by atoms with E-state index in [4.69, 9.17) is 11.6 Å². The first-order chi connectivity index (χ1) is 21.8. The van der Waals surface area contributed by atoms with Crippen LogP contribution in [0.15, 0.2) is 102 Å². The van der Waals surface area contributed by atoms with E-state index in [-0.39, 0.29) is 29.7 Å². The topological polar surface area (TPSA) is 86.8 Å². The summed E-state index contributed by atoms with van der Waals surface area (Å²) in [6.45, 7) is 9.64. The number of nitrogens with zero attached hydrogens (tertiary/aromatic N) is 2. The number of anilines is 1. The average molecular weight is 660 g/mol. The van der Waals surface area contributed by atoms with Gasteiger partial charge < -0.3 is 10.2 Å². The molecule has 7 nitrogen and oxygen atoms in total. The van der Waals surface area contributed by atoms with Gasteiger partial charge in [0.1, 0.15) is 12.6 Å². The minimum absolute atomic E-state index is 0.0471. The minimum Gasteiger partial charge on any atom is -0.354 e. The smallest absolute Gasteiger partial charge is 0.264 e. The zero-order chi connectivity index (χ0) is 33.4. The zero-order valence-corrected chi connectivity index (χ0v) is 28.6. The van der Waals surface area contributed by atoms with Crippen LogP contribution in [0.25, 0.3) is 0 Å². The number of hydrogen-bond donors (Lipinski definition) is 1. The molecular formula is C37H42ClN3O4S. The summed E-state index contributed by atoms with van der Waals surface area (Å²) in [5.74, 6) is -0.621. The lowest BCUT2D eigenvalue weighted by Gasteiger charge is -2.34. The molecule has 0 radical (unpaired) electrons. The van der Waals surface area contributed by atoms with Gasteiger partial charge in [0.15, 0.2) is 0 Å². The SMILES string of the molecule is Cc1ccc(CN(C(=O)CN(c2cc(Cl)ccc2C)S(=O)(=O)c2ccc(C)cc2)C(Cc2ccccc2)C(=O)NCC(C)C)cc1. The summed E-state index contributed by atoms with van der Waals surface area (Å²) in [4.78, 5) is 30.1. The summed E-state index contributed by atoms with van der Waals surface area (Å²) in [6, 6.07) is 27.8. The molecule has 242 valence electrons. The Balaban J connectivity index is 1.82. The Bertz CT molecular complexity index is 1740. The highest BCUT2D eigenvalue weighted by Crippen LogP contribution is 2.30. The first-order valence-corrected chi connectivity index (χ1v) is 17.2. The number of rotatable bonds is 13. The van der Waals surface area contributed by atoms with Crippen LogP contribution in [0.2, 0.25) is 5.02 Å². The van der Waals surface area contributed by atoms with Crippen LogP contribution in [-0.2, 0) is 32.6 Å². The molecule has 0 aliphatic heterocycles. The molecule has 0 bridgehead atoms. The predicted molar refractivity (Wildman–Crippen MR) is 185 cm³/mol. The Morgan fingerprint density at radius 1 is 0.804 bits per heavy atom. The largest absolute Gasteiger partial charge is 0.354 e. The van der Waals surface area contributed by atoms with Gasteiger partial charge >= 0.3 is 0 Å². The van der Waals surface area contributed by atoms with Crippen molar-refractivity contribution in [3.8, 4) is 0 Å². The lowest BCUT2D eigenvalue weighted by molar-refractivity contribution is -0.140. The minimum atomic E-state index is -4.22. The standard InChI is InChI=1S/C37H42ClN3O4S/c1-26(2)23-39-37(43)35(21-30-9-7-6-8-10-30)40(24-31-16-11-27(3)12-17-31)36(42)25-41(34-22-32(38)18-15-29(34)5)46(44,45)33-19-13-28(4)14-20-33/h6-20,22,26,35H,21,23-25H2,1-5H3,(H,39,43). The van der Waals surface area contributed by atoms with Crippen LogP contribution in [-0.4, -0.2) is 44.3 Å². The van der Waals surface area contributed by atoms with E-state index in [1.807, 2.05) is 82.3 Å². The van der Waals surface area contributed by atoms with Gasteiger partial charge in [-0.05, 0) is 67.6 Å². The normalized spacial score (nSPS) is 12.1. The van der Waals surface area contributed by atoms with E-state index in [0.717, 1.165) is 26.6 Å². The van der Waals surface area contributed by atoms with E-state index < -0.39 is 28.5 Å². The third-order valence-corrected chi connectivity index (χ3v) is 9.77. The van der Waals surface area contributed by atoms with Crippen LogP contribution < -0.4 is 9.62 Å². The molecule has 0 aliphatic rings. The number of sulfonamides is 1. The van der Waals surface area contributed by atoms with Crippen LogP contribution in [0.4, 0.5) is 5.69 Å². The molecule has 0 saturated heterocycles. The molecule has 0 spiro atoms. The summed E-state index contributed by atoms with van der Waals surface area (Å²) in [5, 5.41) is 3.35. The van der Waals surface area contributed by atoms with E-state index in [0.29, 0.717) is 22.8 Å². The first-order valence-electron chi connectivity index (χ1n) is 15.4. The maximum atomic E-state index is 14.6. The summed E-state index contributed by atoms with van der Waals surface area (Å²) in [5.41, 5.74) is 4.59. The number of benzene rings is 4. The second-order valence-corrected chi connectivity index (χ2v) is 14.4. The zero-order valence-electron chi connectivity index (χ0n) is 27.0. The van der Waals surface area contributed by atoms with Gasteiger partial charge in [-0.25, -0.2) is 8.42 Å². The van der Waals surface area contributed by atoms with Gasteiger partial charge in [0, 0.05) is 24.5 Å². The Labute approximate surface area is 278 Å². The fourth-order valence-corrected chi connectivity index (χ4v) is 6.71. The Kier molecular flexibility index (Phi) is 11.7. The van der Waals surface area contributed by atoms with Crippen molar-refractivity contribution in [2.24, 2.45) is 5.92 Å². The van der Waals surface area contributed by atoms with Crippen molar-refractivity contribution in [1.82, 2.24) is 10.2 Å². The molecular weight excluding hydrogens is 618 g/mol. The number of aryl methyl sites for hydroxylation is 3. The van der Waals surface area contributed by atoms with Gasteiger partial charge in [-0.1, -0.05) is 109 Å². The second-order valence-electron chi connectivity index (χ2n) is 12.1. The van der Waals surface area contributed by atoms with Gasteiger partial charge in [-0.2, -0.15) is 0 Å². The van der Waals surface area contributed by atoms with Gasteiger partial charge in [0.25, 0.3) is 10.0 Å². The van der Waals surface area contributed by atoms with E-state index in [9.17, 15) is 18.0 Å². The highest BCUT2D eigenvalue weighted by atomic mass is 35.5. The van der Waals surface area contributed by atoms with Crippen LogP contribution in [0.5, 0.6) is 0 Å². The maximum absolute atomic E-state index is 14.6. The molecule has 4 aromatic rings. The molecule has 0 fully saturated rings. The lowest BCUT2D eigenvalue weighted by Crippen LogP contribution is -2.53. The first kappa shape index (κ1) is 34.7. The number of amides is 2. The number of carbonyl (C=O) groups excluding carboxylic acids is 2. The molecule has 46 heavy (non-hydrogen) atoms. The summed E-state index contributed by atoms with van der Waals surface area (Å²) in [7, 11) is -4.22. The van der Waals surface area contributed by atoms with Crippen molar-refractivity contribution in [3.05, 3.63) is 130 Å². The molecule has 0 heterocycles. The Morgan fingerprint density at radius 3 is 2.02 bits per heavy atom. The van der Waals surface area contributed by atoms with Crippen molar-refractivity contribution in [3.63, 3.8) is 0 Å². The number of halogens is 1. The molecule has 0 aliphatic carbocycles. The van der Waals surface area contributed by atoms with E-state index in [2.05, 4.69) is 5.32 Å². The van der Waals surface area contributed by atoms with Crippen molar-refractivity contribution >= 4 is 39.1 Å². The van der Waals surface area contributed by atoms with E-state index >= 15 is 0 Å². The highest BCUT2D eigenvalue weighted by molar-refractivity contribution is 7.92. The van der Waals surface area contributed by atoms with Crippen LogP contribution in [0, 0.1) is 26.7 Å². The molecule has 1 N–H and O–H groups in total. The van der Waals surface area contributed by atoms with Crippen molar-refractivity contribution in [2.75, 3.05) is 17.4 Å². The highest BCUT2D eigenvalue weighted by Gasteiger charge is 2.35. The number of hydrogen-bond acceptors (Lipinski definition) is 4. The third kappa shape index (κ3) is 8.98. The quantitative estimate of drug-likeness (QED) is 0.170. The third-order valence-electron chi connectivity index (χ3n) is 7.76. The predicted octanol–water partition coefficient (Wildman–Crippen LogP) is 6.87. The van der Waals surface area contributed by atoms with Crippen LogP contribution in [0.1, 0.15) is 41.7 Å². The fraction of sp³-hybridized carbons (Fsp3) is 0.297. The van der Waals surface area contributed by atoms with Gasteiger partial charge in [-0.3, -0.25) is 13.9 Å². The number of nitrogens with one attached hydrogen (secondary N) is 1. The molecule has 0 aromatic heterocycles. The van der Waals surface area contributed by atoms with Gasteiger partial charge in [0.05, 0.1) is 10.6 Å². The number of carbonyl (C=O) groups is 2. The van der Waals surface area contributed by atoms with Crippen LogP contribution >= 0.6 is 11.6 Å². The molecule has 1 atom stereocenters. The second kappa shape index (κ2) is 15.4. The maximum Gasteiger partial charge on any atom is 0.264 e. The molecule has 1 unspecified atom stereocenters. The molecule has 9 heteroatoms. The molecule has 2 amide bonds. The van der Waals surface area contributed by atoms with Gasteiger partial charge in [0.2, 0.25) is 11.8 Å². The summed E-state index contributed by atoms with van der Waals surface area (Å²) < 4.78 is 29.6. The van der Waals surface area contributed by atoms with Crippen LogP contribution in [0.3, 0.4) is 0 Å². The average Bonchev–Trinajstić information content (AvgIpc) is 3.03. The monoisotopic (exact) mass is 659 g/mol. The summed E-state index contributed by atoms with van der Waals surface area (Å²) in [6.07, 6.45) is 0.253. The van der Waals surface area contributed by atoms with Crippen molar-refractivity contribution < 1.29 is 18.0 Å². The van der Waals surface area contributed by atoms with Crippen molar-refractivity contribution in [2.45, 2.75) is 58.5 Å². The van der Waals surface area contributed by atoms with E-state index in [1.54, 1.807) is 37.3 Å². The molecule has 4 rings (SSSR count). The Hall–Kier alpha value is -4.14. The summed E-state index contributed by atoms with van der Waals surface area (Å²) >= 11 is 6.37. The fourth-order valence-electron chi connectivity index (χ4n) is 5.07. The van der Waals surface area contributed by atoms with Crippen molar-refractivity contribution in [1.29, 1.82) is 0 Å². The van der Waals surface area contributed by atoms with Gasteiger partial charge in [-0.15, -0.1) is 0 Å². The molecule has 4 aromatic carbocycles.